The SMILES string of the molecule is C[C@H](NC(=O)CONC(=O)c1cccc(C(F)(F)F)c1)[C@@H]1C[C@H]2CC[C@H]1C2. The van der Waals surface area contributed by atoms with Gasteiger partial charge >= 0.3 is 6.18 Å². The first-order valence-electron chi connectivity index (χ1n) is 9.13. The van der Waals surface area contributed by atoms with E-state index in [1.807, 2.05) is 12.4 Å². The van der Waals surface area contributed by atoms with Crippen LogP contribution in [0.4, 0.5) is 13.2 Å². The van der Waals surface area contributed by atoms with Gasteiger partial charge in [-0.15, -0.1) is 0 Å². The highest BCUT2D eigenvalue weighted by Gasteiger charge is 2.42. The maximum absolute atomic E-state index is 12.7. The molecule has 0 spiro atoms. The van der Waals surface area contributed by atoms with E-state index >= 15 is 0 Å². The Morgan fingerprint density at radius 3 is 2.67 bits per heavy atom. The number of carbonyl (C=O) groups excluding carboxylic acids is 2. The molecule has 0 radical (unpaired) electrons. The summed E-state index contributed by atoms with van der Waals surface area (Å²) in [5.74, 6) is 0.728. The largest absolute Gasteiger partial charge is 0.416 e. The molecule has 2 bridgehead atoms. The van der Waals surface area contributed by atoms with Crippen molar-refractivity contribution >= 4 is 11.8 Å². The van der Waals surface area contributed by atoms with Gasteiger partial charge in [-0.2, -0.15) is 13.2 Å². The Hall–Kier alpha value is -2.09. The van der Waals surface area contributed by atoms with Crippen molar-refractivity contribution in [3.63, 3.8) is 0 Å². The first-order valence-corrected chi connectivity index (χ1v) is 9.13. The van der Waals surface area contributed by atoms with Crippen LogP contribution in [0, 0.1) is 17.8 Å². The second kappa shape index (κ2) is 7.88. The quantitative estimate of drug-likeness (QED) is 0.740. The summed E-state index contributed by atoms with van der Waals surface area (Å²) in [7, 11) is 0. The van der Waals surface area contributed by atoms with Crippen LogP contribution in [0.15, 0.2) is 24.3 Å². The van der Waals surface area contributed by atoms with E-state index < -0.39 is 24.3 Å². The fourth-order valence-electron chi connectivity index (χ4n) is 4.37. The van der Waals surface area contributed by atoms with Gasteiger partial charge in [0.15, 0.2) is 6.61 Å². The zero-order chi connectivity index (χ0) is 19.6. The number of fused-ring (bicyclic) bond motifs is 2. The number of hydroxylamine groups is 1. The predicted molar refractivity (Wildman–Crippen MR) is 91.4 cm³/mol. The van der Waals surface area contributed by atoms with Crippen LogP contribution in [-0.4, -0.2) is 24.5 Å². The van der Waals surface area contributed by atoms with Crippen LogP contribution in [-0.2, 0) is 15.8 Å². The second-order valence-electron chi connectivity index (χ2n) is 7.49. The van der Waals surface area contributed by atoms with Gasteiger partial charge in [-0.25, -0.2) is 5.48 Å². The number of halogens is 3. The molecule has 0 aliphatic heterocycles. The number of nitrogens with one attached hydrogen (secondary N) is 2. The predicted octanol–water partition coefficient (Wildman–Crippen LogP) is 3.31. The summed E-state index contributed by atoms with van der Waals surface area (Å²) in [6, 6.07) is 4.03. The number of hydrogen-bond acceptors (Lipinski definition) is 3. The van der Waals surface area contributed by atoms with Crippen LogP contribution in [0.2, 0.25) is 0 Å². The second-order valence-corrected chi connectivity index (χ2v) is 7.49. The molecule has 1 aromatic carbocycles. The Balaban J connectivity index is 1.42. The van der Waals surface area contributed by atoms with Gasteiger partial charge in [0.05, 0.1) is 5.56 Å². The standard InChI is InChI=1S/C19H23F3N2O3/c1-11(16-8-12-5-6-13(16)7-12)23-17(25)10-27-24-18(26)14-3-2-4-15(9-14)19(20,21)22/h2-4,9,11-13,16H,5-8,10H2,1H3,(H,23,25)(H,24,26)/t11-,12-,13-,16-/m0/s1. The van der Waals surface area contributed by atoms with Crippen molar-refractivity contribution in [2.24, 2.45) is 17.8 Å². The molecule has 2 aliphatic rings. The van der Waals surface area contributed by atoms with Gasteiger partial charge in [-0.1, -0.05) is 12.5 Å². The van der Waals surface area contributed by atoms with Gasteiger partial charge in [0.1, 0.15) is 0 Å². The van der Waals surface area contributed by atoms with Crippen molar-refractivity contribution in [2.45, 2.75) is 44.8 Å². The fraction of sp³-hybridized carbons (Fsp3) is 0.579. The third-order valence-corrected chi connectivity index (χ3v) is 5.64. The topological polar surface area (TPSA) is 67.4 Å². The monoisotopic (exact) mass is 384 g/mol. The highest BCUT2D eigenvalue weighted by molar-refractivity contribution is 5.93. The summed E-state index contributed by atoms with van der Waals surface area (Å²) < 4.78 is 38.0. The smallest absolute Gasteiger partial charge is 0.351 e. The van der Waals surface area contributed by atoms with Crippen LogP contribution in [0.1, 0.15) is 48.5 Å². The maximum Gasteiger partial charge on any atom is 0.416 e. The zero-order valence-electron chi connectivity index (χ0n) is 15.0. The minimum Gasteiger partial charge on any atom is -0.351 e. The third-order valence-electron chi connectivity index (χ3n) is 5.64. The molecule has 2 saturated carbocycles. The molecule has 3 rings (SSSR count). The van der Waals surface area contributed by atoms with Crippen LogP contribution in [0.25, 0.3) is 0 Å². The summed E-state index contributed by atoms with van der Waals surface area (Å²) in [5.41, 5.74) is 0.894. The Bertz CT molecular complexity index is 708. The lowest BCUT2D eigenvalue weighted by Crippen LogP contribution is -2.42. The molecule has 27 heavy (non-hydrogen) atoms. The number of alkyl halides is 3. The molecule has 4 atom stereocenters. The van der Waals surface area contributed by atoms with Gasteiger partial charge in [0, 0.05) is 11.6 Å². The van der Waals surface area contributed by atoms with E-state index in [1.54, 1.807) is 0 Å². The Labute approximate surface area is 155 Å². The normalized spacial score (nSPS) is 25.3. The molecule has 0 heterocycles. The molecule has 0 unspecified atom stereocenters. The summed E-state index contributed by atoms with van der Waals surface area (Å²) >= 11 is 0. The number of rotatable bonds is 6. The van der Waals surface area contributed by atoms with Crippen molar-refractivity contribution in [3.05, 3.63) is 35.4 Å². The van der Waals surface area contributed by atoms with Crippen LogP contribution in [0.5, 0.6) is 0 Å². The number of benzene rings is 1. The molecular weight excluding hydrogens is 361 g/mol. The summed E-state index contributed by atoms with van der Waals surface area (Å²) in [6.45, 7) is 1.58. The molecule has 2 fully saturated rings. The first-order chi connectivity index (χ1) is 12.7. The van der Waals surface area contributed by atoms with Gasteiger partial charge in [0.2, 0.25) is 5.91 Å². The molecular formula is C19H23F3N2O3. The van der Waals surface area contributed by atoms with Crippen LogP contribution >= 0.6 is 0 Å². The van der Waals surface area contributed by atoms with Gasteiger partial charge < -0.3 is 5.32 Å². The lowest BCUT2D eigenvalue weighted by atomic mass is 9.84. The van der Waals surface area contributed by atoms with E-state index in [4.69, 9.17) is 4.84 Å². The van der Waals surface area contributed by atoms with E-state index in [0.29, 0.717) is 11.8 Å². The van der Waals surface area contributed by atoms with Gasteiger partial charge in [-0.05, 0) is 62.1 Å². The van der Waals surface area contributed by atoms with E-state index in [-0.39, 0.29) is 17.5 Å². The average Bonchev–Trinajstić information content (AvgIpc) is 3.24. The van der Waals surface area contributed by atoms with Gasteiger partial charge in [-0.3, -0.25) is 14.4 Å². The molecule has 2 amide bonds. The highest BCUT2D eigenvalue weighted by Crippen LogP contribution is 2.49. The summed E-state index contributed by atoms with van der Waals surface area (Å²) in [6.07, 6.45) is 0.353. The summed E-state index contributed by atoms with van der Waals surface area (Å²) in [4.78, 5) is 28.7. The van der Waals surface area contributed by atoms with Crippen LogP contribution < -0.4 is 10.8 Å². The summed E-state index contributed by atoms with van der Waals surface area (Å²) in [5, 5.41) is 2.89. The van der Waals surface area contributed by atoms with E-state index in [1.165, 1.54) is 25.3 Å². The zero-order valence-corrected chi connectivity index (χ0v) is 15.0. The molecule has 5 nitrogen and oxygen atoms in total. The molecule has 0 saturated heterocycles. The van der Waals surface area contributed by atoms with Crippen LogP contribution in [0.3, 0.4) is 0 Å². The Kier molecular flexibility index (Phi) is 5.74. The molecule has 2 aliphatic carbocycles. The first kappa shape index (κ1) is 19.7. The van der Waals surface area contributed by atoms with E-state index in [0.717, 1.165) is 30.5 Å². The Morgan fingerprint density at radius 2 is 2.04 bits per heavy atom. The van der Waals surface area contributed by atoms with Crippen molar-refractivity contribution in [3.8, 4) is 0 Å². The van der Waals surface area contributed by atoms with Gasteiger partial charge in [0.25, 0.3) is 5.91 Å². The molecule has 2 N–H and O–H groups in total. The number of hydrogen-bond donors (Lipinski definition) is 2. The third kappa shape index (κ3) is 4.80. The lowest BCUT2D eigenvalue weighted by Gasteiger charge is -2.28. The minimum absolute atomic E-state index is 0.0376. The Morgan fingerprint density at radius 1 is 1.26 bits per heavy atom. The number of carbonyl (C=O) groups is 2. The van der Waals surface area contributed by atoms with Crippen molar-refractivity contribution < 1.29 is 27.6 Å². The van der Waals surface area contributed by atoms with E-state index in [9.17, 15) is 22.8 Å². The molecule has 1 aromatic rings. The molecule has 0 aromatic heterocycles. The highest BCUT2D eigenvalue weighted by atomic mass is 19.4. The number of amides is 2. The van der Waals surface area contributed by atoms with Crippen molar-refractivity contribution in [2.75, 3.05) is 6.61 Å². The maximum atomic E-state index is 12.7. The van der Waals surface area contributed by atoms with E-state index in [2.05, 4.69) is 5.32 Å². The average molecular weight is 384 g/mol. The van der Waals surface area contributed by atoms with Crippen molar-refractivity contribution in [1.82, 2.24) is 10.8 Å². The lowest BCUT2D eigenvalue weighted by molar-refractivity contribution is -0.137. The fourth-order valence-corrected chi connectivity index (χ4v) is 4.37. The molecule has 148 valence electrons. The van der Waals surface area contributed by atoms with Crippen molar-refractivity contribution in [1.29, 1.82) is 0 Å². The molecule has 8 heteroatoms. The minimum atomic E-state index is -4.53.